The van der Waals surface area contributed by atoms with E-state index in [9.17, 15) is 22.8 Å². The SMILES string of the molecule is Cc1nc(NC(=O)c2cc(CNC(=O)C(C)C)cnc2C(F)F)[nH]c1-c1ccc(F)cc1. The Bertz CT molecular complexity index is 1130. The third-order valence-corrected chi connectivity index (χ3v) is 4.67. The molecule has 0 aliphatic rings. The number of nitrogens with zero attached hydrogens (tertiary/aromatic N) is 2. The molecule has 0 spiro atoms. The zero-order valence-corrected chi connectivity index (χ0v) is 17.7. The van der Waals surface area contributed by atoms with Crippen molar-refractivity contribution in [2.75, 3.05) is 5.32 Å². The molecule has 168 valence electrons. The predicted molar refractivity (Wildman–Crippen MR) is 113 cm³/mol. The van der Waals surface area contributed by atoms with Gasteiger partial charge in [0.2, 0.25) is 11.9 Å². The van der Waals surface area contributed by atoms with E-state index in [2.05, 4.69) is 25.6 Å². The van der Waals surface area contributed by atoms with Gasteiger partial charge in [-0.1, -0.05) is 13.8 Å². The number of imidazole rings is 1. The lowest BCUT2D eigenvalue weighted by Gasteiger charge is -2.11. The van der Waals surface area contributed by atoms with Gasteiger partial charge >= 0.3 is 0 Å². The zero-order valence-electron chi connectivity index (χ0n) is 17.7. The predicted octanol–water partition coefficient (Wildman–Crippen LogP) is 4.38. The number of carbonyl (C=O) groups is 2. The van der Waals surface area contributed by atoms with Crippen LogP contribution in [0.5, 0.6) is 0 Å². The molecular formula is C22H22F3N5O2. The molecule has 0 saturated heterocycles. The summed E-state index contributed by atoms with van der Waals surface area (Å²) < 4.78 is 40.0. The highest BCUT2D eigenvalue weighted by Gasteiger charge is 2.22. The van der Waals surface area contributed by atoms with Crippen molar-refractivity contribution in [2.45, 2.75) is 33.7 Å². The monoisotopic (exact) mass is 445 g/mol. The fourth-order valence-corrected chi connectivity index (χ4v) is 2.96. The molecule has 3 N–H and O–H groups in total. The second-order valence-corrected chi connectivity index (χ2v) is 7.46. The average molecular weight is 445 g/mol. The molecule has 0 atom stereocenters. The van der Waals surface area contributed by atoms with Gasteiger partial charge in [-0.2, -0.15) is 0 Å². The number of carbonyl (C=O) groups excluding carboxylic acids is 2. The lowest BCUT2D eigenvalue weighted by Crippen LogP contribution is -2.27. The fraction of sp³-hybridized carbons (Fsp3) is 0.273. The van der Waals surface area contributed by atoms with Gasteiger partial charge in [-0.15, -0.1) is 0 Å². The molecule has 0 unspecified atom stereocenters. The number of aryl methyl sites for hydroxylation is 1. The highest BCUT2D eigenvalue weighted by Crippen LogP contribution is 2.25. The summed E-state index contributed by atoms with van der Waals surface area (Å²) >= 11 is 0. The Labute approximate surface area is 182 Å². The molecular weight excluding hydrogens is 423 g/mol. The molecule has 1 aromatic carbocycles. The van der Waals surface area contributed by atoms with Gasteiger partial charge in [0.1, 0.15) is 11.5 Å². The minimum absolute atomic E-state index is 0.0440. The number of nitrogens with one attached hydrogen (secondary N) is 3. The van der Waals surface area contributed by atoms with Crippen molar-refractivity contribution < 1.29 is 22.8 Å². The van der Waals surface area contributed by atoms with Crippen LogP contribution in [0.1, 0.15) is 47.6 Å². The Hall–Kier alpha value is -3.69. The quantitative estimate of drug-likeness (QED) is 0.503. The van der Waals surface area contributed by atoms with Crippen molar-refractivity contribution in [3.63, 3.8) is 0 Å². The van der Waals surface area contributed by atoms with Crippen molar-refractivity contribution in [1.29, 1.82) is 0 Å². The van der Waals surface area contributed by atoms with Gasteiger partial charge in [0.05, 0.1) is 17.0 Å². The van der Waals surface area contributed by atoms with Crippen LogP contribution in [0.15, 0.2) is 36.5 Å². The second kappa shape index (κ2) is 9.63. The first-order chi connectivity index (χ1) is 15.2. The molecule has 0 aliphatic heterocycles. The third kappa shape index (κ3) is 5.32. The molecule has 0 saturated carbocycles. The Morgan fingerprint density at radius 2 is 1.84 bits per heavy atom. The number of alkyl halides is 2. The maximum atomic E-state index is 13.4. The smallest absolute Gasteiger partial charge is 0.281 e. The van der Waals surface area contributed by atoms with Crippen LogP contribution in [-0.2, 0) is 11.3 Å². The van der Waals surface area contributed by atoms with Crippen LogP contribution in [0.25, 0.3) is 11.3 Å². The van der Waals surface area contributed by atoms with E-state index in [4.69, 9.17) is 0 Å². The van der Waals surface area contributed by atoms with Gasteiger partial charge in [-0.05, 0) is 42.8 Å². The fourth-order valence-electron chi connectivity index (χ4n) is 2.96. The number of aromatic amines is 1. The summed E-state index contributed by atoms with van der Waals surface area (Å²) in [6.07, 6.45) is -1.77. The number of benzene rings is 1. The molecule has 0 aliphatic carbocycles. The van der Waals surface area contributed by atoms with Gasteiger partial charge in [0, 0.05) is 24.2 Å². The molecule has 32 heavy (non-hydrogen) atoms. The van der Waals surface area contributed by atoms with Crippen LogP contribution < -0.4 is 10.6 Å². The number of pyridine rings is 1. The summed E-state index contributed by atoms with van der Waals surface area (Å²) in [5, 5.41) is 5.12. The third-order valence-electron chi connectivity index (χ3n) is 4.67. The molecule has 3 aromatic rings. The van der Waals surface area contributed by atoms with Crippen molar-refractivity contribution >= 4 is 17.8 Å². The number of amides is 2. The number of aromatic nitrogens is 3. The summed E-state index contributed by atoms with van der Waals surface area (Å²) in [4.78, 5) is 35.3. The Balaban J connectivity index is 1.83. The summed E-state index contributed by atoms with van der Waals surface area (Å²) in [6, 6.07) is 6.95. The van der Waals surface area contributed by atoms with E-state index in [-0.39, 0.29) is 29.9 Å². The van der Waals surface area contributed by atoms with Crippen LogP contribution in [-0.4, -0.2) is 26.8 Å². The number of anilines is 1. The van der Waals surface area contributed by atoms with Gasteiger partial charge in [0.25, 0.3) is 12.3 Å². The van der Waals surface area contributed by atoms with Crippen LogP contribution >= 0.6 is 0 Å². The molecule has 2 amide bonds. The minimum atomic E-state index is -2.97. The Kier molecular flexibility index (Phi) is 6.92. The molecule has 10 heteroatoms. The lowest BCUT2D eigenvalue weighted by molar-refractivity contribution is -0.124. The van der Waals surface area contributed by atoms with E-state index in [1.54, 1.807) is 32.9 Å². The van der Waals surface area contributed by atoms with E-state index in [1.807, 2.05) is 0 Å². The topological polar surface area (TPSA) is 99.8 Å². The first kappa shape index (κ1) is 23.0. The maximum Gasteiger partial charge on any atom is 0.281 e. The van der Waals surface area contributed by atoms with Crippen molar-refractivity contribution in [3.05, 3.63) is 64.9 Å². The van der Waals surface area contributed by atoms with Crippen LogP contribution in [0.2, 0.25) is 0 Å². The van der Waals surface area contributed by atoms with Crippen molar-refractivity contribution in [1.82, 2.24) is 20.3 Å². The van der Waals surface area contributed by atoms with Gasteiger partial charge in [0.15, 0.2) is 0 Å². The van der Waals surface area contributed by atoms with Crippen molar-refractivity contribution in [2.24, 2.45) is 5.92 Å². The summed E-state index contributed by atoms with van der Waals surface area (Å²) in [5.74, 6) is -1.64. The van der Waals surface area contributed by atoms with Crippen LogP contribution in [0, 0.1) is 18.7 Å². The lowest BCUT2D eigenvalue weighted by atomic mass is 10.1. The van der Waals surface area contributed by atoms with E-state index < -0.39 is 23.8 Å². The van der Waals surface area contributed by atoms with Gasteiger partial charge < -0.3 is 10.3 Å². The molecule has 2 aromatic heterocycles. The molecule has 0 fully saturated rings. The molecule has 0 bridgehead atoms. The molecule has 0 radical (unpaired) electrons. The maximum absolute atomic E-state index is 13.4. The number of H-pyrrole nitrogens is 1. The van der Waals surface area contributed by atoms with Crippen molar-refractivity contribution in [3.8, 4) is 11.3 Å². The molecule has 3 rings (SSSR count). The highest BCUT2D eigenvalue weighted by molar-refractivity contribution is 6.04. The first-order valence-corrected chi connectivity index (χ1v) is 9.84. The Morgan fingerprint density at radius 1 is 1.16 bits per heavy atom. The number of halogens is 3. The number of hydrogen-bond donors (Lipinski definition) is 3. The van der Waals surface area contributed by atoms with E-state index in [1.165, 1.54) is 24.4 Å². The number of hydrogen-bond acceptors (Lipinski definition) is 4. The minimum Gasteiger partial charge on any atom is -0.352 e. The standard InChI is InChI=1S/C22H22F3N5O2/c1-11(2)20(31)27-10-13-8-16(18(19(24)25)26-9-13)21(32)30-22-28-12(3)17(29-22)14-4-6-15(23)7-5-14/h4-9,11,19H,10H2,1-3H3,(H,27,31)(H2,28,29,30,32). The van der Waals surface area contributed by atoms with Gasteiger partial charge in [-0.3, -0.25) is 19.9 Å². The summed E-state index contributed by atoms with van der Waals surface area (Å²) in [7, 11) is 0. The van der Waals surface area contributed by atoms with E-state index in [0.717, 1.165) is 0 Å². The normalized spacial score (nSPS) is 11.1. The summed E-state index contributed by atoms with van der Waals surface area (Å²) in [6.45, 7) is 5.17. The molecule has 7 nitrogen and oxygen atoms in total. The first-order valence-electron chi connectivity index (χ1n) is 9.84. The summed E-state index contributed by atoms with van der Waals surface area (Å²) in [5.41, 5.74) is 1.13. The molecule has 2 heterocycles. The van der Waals surface area contributed by atoms with Crippen LogP contribution in [0.3, 0.4) is 0 Å². The Morgan fingerprint density at radius 3 is 2.47 bits per heavy atom. The highest BCUT2D eigenvalue weighted by atomic mass is 19.3. The van der Waals surface area contributed by atoms with Crippen LogP contribution in [0.4, 0.5) is 19.1 Å². The zero-order chi connectivity index (χ0) is 23.4. The largest absolute Gasteiger partial charge is 0.352 e. The van der Waals surface area contributed by atoms with Gasteiger partial charge in [-0.25, -0.2) is 18.2 Å². The van der Waals surface area contributed by atoms with E-state index in [0.29, 0.717) is 22.5 Å². The number of rotatable bonds is 7. The average Bonchev–Trinajstić information content (AvgIpc) is 3.11. The van der Waals surface area contributed by atoms with E-state index >= 15 is 0 Å². The second-order valence-electron chi connectivity index (χ2n) is 7.46.